The second kappa shape index (κ2) is 5.07. The molecular weight excluding hydrogens is 230 g/mol. The lowest BCUT2D eigenvalue weighted by Crippen LogP contribution is -2.41. The molecule has 3 heteroatoms. The van der Waals surface area contributed by atoms with E-state index in [4.69, 9.17) is 4.42 Å². The first kappa shape index (κ1) is 13.0. The Morgan fingerprint density at radius 1 is 1.47 bits per heavy atom. The Hall–Kier alpha value is -0.410. The molecule has 1 aromatic heterocycles. The van der Waals surface area contributed by atoms with Crippen LogP contribution in [0.25, 0.3) is 0 Å². The fraction of sp³-hybridized carbons (Fsp3) is 0.714. The Morgan fingerprint density at radius 2 is 2.24 bits per heavy atom. The fourth-order valence-corrected chi connectivity index (χ4v) is 3.78. The molecule has 1 saturated heterocycles. The molecule has 1 fully saturated rings. The van der Waals surface area contributed by atoms with Crippen molar-refractivity contribution in [1.82, 2.24) is 5.32 Å². The molecule has 0 aromatic carbocycles. The van der Waals surface area contributed by atoms with E-state index in [9.17, 15) is 0 Å². The van der Waals surface area contributed by atoms with Crippen molar-refractivity contribution >= 4 is 11.8 Å². The van der Waals surface area contributed by atoms with Crippen LogP contribution in [0.15, 0.2) is 16.5 Å². The average Bonchev–Trinajstić information content (AvgIpc) is 2.63. The minimum atomic E-state index is 0.309. The van der Waals surface area contributed by atoms with Crippen LogP contribution < -0.4 is 5.32 Å². The molecule has 0 amide bonds. The van der Waals surface area contributed by atoms with Crippen molar-refractivity contribution in [2.24, 2.45) is 5.41 Å². The van der Waals surface area contributed by atoms with E-state index in [1.807, 2.05) is 13.0 Å². The van der Waals surface area contributed by atoms with E-state index in [-0.39, 0.29) is 0 Å². The molecule has 0 radical (unpaired) electrons. The van der Waals surface area contributed by atoms with Gasteiger partial charge in [-0.15, -0.1) is 0 Å². The smallest absolute Gasteiger partial charge is 0.120 e. The van der Waals surface area contributed by atoms with Gasteiger partial charge < -0.3 is 9.73 Å². The van der Waals surface area contributed by atoms with Gasteiger partial charge in [0.15, 0.2) is 0 Å². The van der Waals surface area contributed by atoms with Crippen molar-refractivity contribution in [3.8, 4) is 0 Å². The van der Waals surface area contributed by atoms with Gasteiger partial charge in [0.1, 0.15) is 11.5 Å². The second-order valence-corrected chi connectivity index (χ2v) is 6.95. The van der Waals surface area contributed by atoms with Crippen LogP contribution in [0, 0.1) is 12.3 Å². The van der Waals surface area contributed by atoms with Crippen molar-refractivity contribution in [3.05, 3.63) is 23.7 Å². The van der Waals surface area contributed by atoms with E-state index in [1.54, 1.807) is 0 Å². The maximum atomic E-state index is 5.67. The van der Waals surface area contributed by atoms with Crippen LogP contribution in [0.4, 0.5) is 0 Å². The third-order valence-corrected chi connectivity index (χ3v) is 4.91. The van der Waals surface area contributed by atoms with Gasteiger partial charge in [-0.2, -0.15) is 11.8 Å². The Kier molecular flexibility index (Phi) is 3.88. The quantitative estimate of drug-likeness (QED) is 0.887. The lowest BCUT2D eigenvalue weighted by Gasteiger charge is -2.36. The van der Waals surface area contributed by atoms with Gasteiger partial charge in [-0.05, 0) is 43.6 Å². The van der Waals surface area contributed by atoms with Gasteiger partial charge in [-0.1, -0.05) is 13.8 Å². The van der Waals surface area contributed by atoms with Gasteiger partial charge >= 0.3 is 0 Å². The van der Waals surface area contributed by atoms with Crippen LogP contribution in [0.2, 0.25) is 0 Å². The molecule has 1 aromatic rings. The molecule has 2 heterocycles. The first-order valence-electron chi connectivity index (χ1n) is 6.36. The zero-order valence-corrected chi connectivity index (χ0v) is 12.1. The normalized spacial score (nSPS) is 25.8. The molecule has 0 bridgehead atoms. The molecule has 2 nitrogen and oxygen atoms in total. The van der Waals surface area contributed by atoms with Gasteiger partial charge in [0.05, 0.1) is 6.04 Å². The van der Waals surface area contributed by atoms with Crippen LogP contribution in [-0.4, -0.2) is 17.5 Å². The van der Waals surface area contributed by atoms with Crippen molar-refractivity contribution in [2.45, 2.75) is 46.2 Å². The summed E-state index contributed by atoms with van der Waals surface area (Å²) >= 11 is 2.06. The third-order valence-electron chi connectivity index (χ3n) is 3.28. The highest BCUT2D eigenvalue weighted by molar-refractivity contribution is 7.99. The Morgan fingerprint density at radius 3 is 2.82 bits per heavy atom. The zero-order chi connectivity index (χ0) is 12.5. The van der Waals surface area contributed by atoms with E-state index in [2.05, 4.69) is 43.9 Å². The van der Waals surface area contributed by atoms with Gasteiger partial charge in [-0.3, -0.25) is 0 Å². The van der Waals surface area contributed by atoms with E-state index in [0.29, 0.717) is 17.5 Å². The van der Waals surface area contributed by atoms with Gasteiger partial charge in [-0.25, -0.2) is 0 Å². The molecule has 96 valence electrons. The summed E-state index contributed by atoms with van der Waals surface area (Å²) in [6, 6.07) is 5.02. The van der Waals surface area contributed by atoms with Gasteiger partial charge in [0.2, 0.25) is 0 Å². The minimum absolute atomic E-state index is 0.309. The Bertz CT molecular complexity index is 372. The number of thioether (sulfide) groups is 1. The Labute approximate surface area is 109 Å². The predicted octanol–water partition coefficient (Wildman–Crippen LogP) is 3.77. The number of hydrogen-bond donors (Lipinski definition) is 1. The predicted molar refractivity (Wildman–Crippen MR) is 74.5 cm³/mol. The lowest BCUT2D eigenvalue weighted by atomic mass is 9.87. The molecule has 1 aliphatic heterocycles. The molecule has 2 atom stereocenters. The first-order valence-corrected chi connectivity index (χ1v) is 7.52. The summed E-state index contributed by atoms with van der Waals surface area (Å²) in [4.78, 5) is 0. The fourth-order valence-electron chi connectivity index (χ4n) is 2.49. The molecule has 2 rings (SSSR count). The summed E-state index contributed by atoms with van der Waals surface area (Å²) < 4.78 is 5.67. The summed E-state index contributed by atoms with van der Waals surface area (Å²) in [5.74, 6) is 4.54. The Balaban J connectivity index is 1.92. The first-order chi connectivity index (χ1) is 7.96. The summed E-state index contributed by atoms with van der Waals surface area (Å²) in [5.41, 5.74) is 0.458. The number of aryl methyl sites for hydroxylation is 1. The highest BCUT2D eigenvalue weighted by atomic mass is 32.2. The van der Waals surface area contributed by atoms with Crippen molar-refractivity contribution in [1.29, 1.82) is 0 Å². The molecule has 17 heavy (non-hydrogen) atoms. The van der Waals surface area contributed by atoms with Gasteiger partial charge in [0, 0.05) is 11.8 Å². The van der Waals surface area contributed by atoms with E-state index in [0.717, 1.165) is 11.5 Å². The summed E-state index contributed by atoms with van der Waals surface area (Å²) in [6.07, 6.45) is 1.25. The van der Waals surface area contributed by atoms with Crippen LogP contribution >= 0.6 is 11.8 Å². The monoisotopic (exact) mass is 253 g/mol. The van der Waals surface area contributed by atoms with Crippen molar-refractivity contribution in [3.63, 3.8) is 0 Å². The van der Waals surface area contributed by atoms with Crippen LogP contribution in [0.1, 0.15) is 44.8 Å². The van der Waals surface area contributed by atoms with Gasteiger partial charge in [0.25, 0.3) is 0 Å². The number of rotatable bonds is 3. The highest BCUT2D eigenvalue weighted by Crippen LogP contribution is 2.34. The number of nitrogens with one attached hydrogen (secondary N) is 1. The SMILES string of the molecule is Cc1ccc(C(C)NC2CSCC(C)(C)C2)o1. The molecule has 1 N–H and O–H groups in total. The van der Waals surface area contributed by atoms with Crippen LogP contribution in [0.3, 0.4) is 0 Å². The topological polar surface area (TPSA) is 25.2 Å². The van der Waals surface area contributed by atoms with E-state index >= 15 is 0 Å². The largest absolute Gasteiger partial charge is 0.465 e. The highest BCUT2D eigenvalue weighted by Gasteiger charge is 2.29. The maximum Gasteiger partial charge on any atom is 0.120 e. The third kappa shape index (κ3) is 3.52. The standard InChI is InChI=1S/C14H23NOS/c1-10-5-6-13(16-10)11(2)15-12-7-14(3,4)9-17-8-12/h5-6,11-12,15H,7-9H2,1-4H3. The van der Waals surface area contributed by atoms with E-state index < -0.39 is 0 Å². The molecule has 0 spiro atoms. The second-order valence-electron chi connectivity index (χ2n) is 5.92. The maximum absolute atomic E-state index is 5.67. The number of furan rings is 1. The lowest BCUT2D eigenvalue weighted by molar-refractivity contribution is 0.293. The summed E-state index contributed by atoms with van der Waals surface area (Å²) in [7, 11) is 0. The zero-order valence-electron chi connectivity index (χ0n) is 11.2. The van der Waals surface area contributed by atoms with Crippen molar-refractivity contribution < 1.29 is 4.42 Å². The molecule has 0 saturated carbocycles. The summed E-state index contributed by atoms with van der Waals surface area (Å²) in [6.45, 7) is 8.89. The van der Waals surface area contributed by atoms with Crippen molar-refractivity contribution in [2.75, 3.05) is 11.5 Å². The molecular formula is C14H23NOS. The minimum Gasteiger partial charge on any atom is -0.465 e. The van der Waals surface area contributed by atoms with Crippen LogP contribution in [0.5, 0.6) is 0 Å². The van der Waals surface area contributed by atoms with E-state index in [1.165, 1.54) is 17.9 Å². The molecule has 0 aliphatic carbocycles. The summed E-state index contributed by atoms with van der Waals surface area (Å²) in [5, 5.41) is 3.69. The molecule has 1 aliphatic rings. The average molecular weight is 253 g/mol. The number of hydrogen-bond acceptors (Lipinski definition) is 3. The van der Waals surface area contributed by atoms with Crippen LogP contribution in [-0.2, 0) is 0 Å². The molecule has 2 unspecified atom stereocenters.